The van der Waals surface area contributed by atoms with Crippen molar-refractivity contribution in [3.8, 4) is 0 Å². The number of nitrogens with zero attached hydrogens (tertiary/aromatic N) is 1. The van der Waals surface area contributed by atoms with Crippen LogP contribution < -0.4 is 0 Å². The quantitative estimate of drug-likeness (QED) is 0.797. The second kappa shape index (κ2) is 5.63. The standard InChI is InChI=1S/C14H16F3NO/c1-2-3-8-13-18-12(9-19-13)10-6-4-5-7-11(10)14(15,16)17/h4-7,12H,2-3,8-9H2,1H3/t12-/m0/s1. The average Bonchev–Trinajstić information content (AvgIpc) is 2.84. The number of hydrogen-bond donors (Lipinski definition) is 0. The fourth-order valence-corrected chi connectivity index (χ4v) is 2.09. The Morgan fingerprint density at radius 3 is 2.74 bits per heavy atom. The maximum absolute atomic E-state index is 12.9. The normalized spacial score (nSPS) is 19.2. The van der Waals surface area contributed by atoms with Crippen molar-refractivity contribution < 1.29 is 17.9 Å². The van der Waals surface area contributed by atoms with Crippen LogP contribution >= 0.6 is 0 Å². The molecule has 0 spiro atoms. The van der Waals surface area contributed by atoms with Gasteiger partial charge < -0.3 is 4.74 Å². The highest BCUT2D eigenvalue weighted by Gasteiger charge is 2.36. The molecule has 1 aliphatic rings. The number of alkyl halides is 3. The van der Waals surface area contributed by atoms with Crippen LogP contribution in [0.25, 0.3) is 0 Å². The summed E-state index contributed by atoms with van der Waals surface area (Å²) in [6, 6.07) is 5.02. The van der Waals surface area contributed by atoms with Crippen molar-refractivity contribution in [2.45, 2.75) is 38.4 Å². The molecule has 1 aromatic carbocycles. The topological polar surface area (TPSA) is 21.6 Å². The van der Waals surface area contributed by atoms with Crippen molar-refractivity contribution in [2.75, 3.05) is 6.61 Å². The second-order valence-electron chi connectivity index (χ2n) is 4.54. The Bertz CT molecular complexity index is 468. The van der Waals surface area contributed by atoms with Gasteiger partial charge in [-0.15, -0.1) is 0 Å². The zero-order chi connectivity index (χ0) is 13.9. The van der Waals surface area contributed by atoms with Gasteiger partial charge in [0.1, 0.15) is 12.6 Å². The van der Waals surface area contributed by atoms with E-state index in [0.29, 0.717) is 12.3 Å². The van der Waals surface area contributed by atoms with Gasteiger partial charge in [-0.2, -0.15) is 13.2 Å². The minimum absolute atomic E-state index is 0.196. The highest BCUT2D eigenvalue weighted by atomic mass is 19.4. The molecular formula is C14H16F3NO. The molecule has 1 heterocycles. The van der Waals surface area contributed by atoms with Crippen molar-refractivity contribution in [3.05, 3.63) is 35.4 Å². The van der Waals surface area contributed by atoms with E-state index in [-0.39, 0.29) is 12.2 Å². The maximum atomic E-state index is 12.9. The first-order chi connectivity index (χ1) is 9.02. The van der Waals surface area contributed by atoms with Crippen LogP contribution in [0.2, 0.25) is 0 Å². The Labute approximate surface area is 110 Å². The summed E-state index contributed by atoms with van der Waals surface area (Å²) in [5.41, 5.74) is -0.425. The maximum Gasteiger partial charge on any atom is 0.416 e. The Balaban J connectivity index is 2.22. The first-order valence-electron chi connectivity index (χ1n) is 6.38. The molecule has 19 heavy (non-hydrogen) atoms. The van der Waals surface area contributed by atoms with Crippen LogP contribution in [-0.4, -0.2) is 12.5 Å². The molecule has 2 nitrogen and oxygen atoms in total. The molecule has 0 bridgehead atoms. The number of aliphatic imine (C=N–C) groups is 1. The molecule has 1 atom stereocenters. The van der Waals surface area contributed by atoms with Crippen LogP contribution in [0.15, 0.2) is 29.3 Å². The van der Waals surface area contributed by atoms with Gasteiger partial charge in [0, 0.05) is 6.42 Å². The van der Waals surface area contributed by atoms with E-state index in [1.54, 1.807) is 6.07 Å². The van der Waals surface area contributed by atoms with E-state index in [1.807, 2.05) is 6.92 Å². The zero-order valence-corrected chi connectivity index (χ0v) is 10.7. The second-order valence-corrected chi connectivity index (χ2v) is 4.54. The van der Waals surface area contributed by atoms with E-state index in [4.69, 9.17) is 4.74 Å². The lowest BCUT2D eigenvalue weighted by Crippen LogP contribution is -2.11. The Kier molecular flexibility index (Phi) is 4.12. The fraction of sp³-hybridized carbons (Fsp3) is 0.500. The third-order valence-electron chi connectivity index (χ3n) is 3.08. The molecule has 0 amide bonds. The minimum atomic E-state index is -4.35. The van der Waals surface area contributed by atoms with Gasteiger partial charge in [-0.05, 0) is 18.1 Å². The molecular weight excluding hydrogens is 255 g/mol. The summed E-state index contributed by atoms with van der Waals surface area (Å²) < 4.78 is 44.1. The van der Waals surface area contributed by atoms with Crippen molar-refractivity contribution in [1.29, 1.82) is 0 Å². The largest absolute Gasteiger partial charge is 0.478 e. The summed E-state index contributed by atoms with van der Waals surface area (Å²) in [5, 5.41) is 0. The Morgan fingerprint density at radius 1 is 1.32 bits per heavy atom. The van der Waals surface area contributed by atoms with Crippen LogP contribution in [0, 0.1) is 0 Å². The monoisotopic (exact) mass is 271 g/mol. The summed E-state index contributed by atoms with van der Waals surface area (Å²) >= 11 is 0. The zero-order valence-electron chi connectivity index (χ0n) is 10.7. The highest BCUT2D eigenvalue weighted by Crippen LogP contribution is 2.37. The molecule has 5 heteroatoms. The van der Waals surface area contributed by atoms with E-state index >= 15 is 0 Å². The molecule has 0 fully saturated rings. The van der Waals surface area contributed by atoms with Crippen molar-refractivity contribution in [3.63, 3.8) is 0 Å². The van der Waals surface area contributed by atoms with Gasteiger partial charge in [0.05, 0.1) is 5.56 Å². The highest BCUT2D eigenvalue weighted by molar-refractivity contribution is 5.77. The third-order valence-corrected chi connectivity index (χ3v) is 3.08. The number of ether oxygens (including phenoxy) is 1. The van der Waals surface area contributed by atoms with Crippen molar-refractivity contribution in [1.82, 2.24) is 0 Å². The van der Waals surface area contributed by atoms with E-state index in [0.717, 1.165) is 18.9 Å². The van der Waals surface area contributed by atoms with Crippen LogP contribution in [0.1, 0.15) is 43.4 Å². The average molecular weight is 271 g/mol. The lowest BCUT2D eigenvalue weighted by Gasteiger charge is -2.14. The summed E-state index contributed by atoms with van der Waals surface area (Å²) in [6.07, 6.45) is -1.71. The number of rotatable bonds is 4. The van der Waals surface area contributed by atoms with Crippen molar-refractivity contribution in [2.24, 2.45) is 4.99 Å². The predicted molar refractivity (Wildman–Crippen MR) is 67.1 cm³/mol. The van der Waals surface area contributed by atoms with Gasteiger partial charge in [-0.1, -0.05) is 31.5 Å². The summed E-state index contributed by atoms with van der Waals surface area (Å²) in [7, 11) is 0. The van der Waals surface area contributed by atoms with E-state index in [2.05, 4.69) is 4.99 Å². The van der Waals surface area contributed by atoms with E-state index in [9.17, 15) is 13.2 Å². The summed E-state index contributed by atoms with van der Waals surface area (Å²) in [5.74, 6) is 0.573. The van der Waals surface area contributed by atoms with Crippen molar-refractivity contribution >= 4 is 5.90 Å². The van der Waals surface area contributed by atoms with Gasteiger partial charge >= 0.3 is 6.18 Å². The molecule has 0 aromatic heterocycles. The SMILES string of the molecule is CCCCC1=N[C@H](c2ccccc2C(F)(F)F)CO1. The van der Waals surface area contributed by atoms with Gasteiger partial charge in [0.2, 0.25) is 0 Å². The smallest absolute Gasteiger partial charge is 0.416 e. The minimum Gasteiger partial charge on any atom is -0.478 e. The van der Waals surface area contributed by atoms with Gasteiger partial charge in [0.25, 0.3) is 0 Å². The van der Waals surface area contributed by atoms with Gasteiger partial charge in [-0.25, -0.2) is 4.99 Å². The first kappa shape index (κ1) is 13.9. The van der Waals surface area contributed by atoms with Gasteiger partial charge in [0.15, 0.2) is 5.90 Å². The number of unbranched alkanes of at least 4 members (excludes halogenated alkanes) is 1. The van der Waals surface area contributed by atoms with E-state index < -0.39 is 17.8 Å². The number of halogens is 3. The molecule has 0 aliphatic carbocycles. The Hall–Kier alpha value is -1.52. The van der Waals surface area contributed by atoms with Gasteiger partial charge in [-0.3, -0.25) is 0 Å². The van der Waals surface area contributed by atoms with E-state index in [1.165, 1.54) is 12.1 Å². The molecule has 1 aromatic rings. The molecule has 0 saturated carbocycles. The van der Waals surface area contributed by atoms with Crippen LogP contribution in [0.4, 0.5) is 13.2 Å². The summed E-state index contributed by atoms with van der Waals surface area (Å²) in [4.78, 5) is 4.26. The Morgan fingerprint density at radius 2 is 2.05 bits per heavy atom. The van der Waals surface area contributed by atoms with Crippen LogP contribution in [0.3, 0.4) is 0 Å². The molecule has 0 N–H and O–H groups in total. The first-order valence-corrected chi connectivity index (χ1v) is 6.38. The lowest BCUT2D eigenvalue weighted by molar-refractivity contribution is -0.138. The molecule has 0 unspecified atom stereocenters. The molecule has 0 radical (unpaired) electrons. The lowest BCUT2D eigenvalue weighted by atomic mass is 10.0. The van der Waals surface area contributed by atoms with Crippen LogP contribution in [0.5, 0.6) is 0 Å². The molecule has 0 saturated heterocycles. The predicted octanol–water partition coefficient (Wildman–Crippen LogP) is 4.37. The number of benzene rings is 1. The molecule has 1 aliphatic heterocycles. The number of hydrogen-bond acceptors (Lipinski definition) is 2. The molecule has 104 valence electrons. The third kappa shape index (κ3) is 3.28. The summed E-state index contributed by atoms with van der Waals surface area (Å²) in [6.45, 7) is 2.25. The fourth-order valence-electron chi connectivity index (χ4n) is 2.09. The van der Waals surface area contributed by atoms with Crippen LogP contribution in [-0.2, 0) is 10.9 Å². The molecule has 2 rings (SSSR count).